The first-order valence-electron chi connectivity index (χ1n) is 6.04. The van der Waals surface area contributed by atoms with E-state index in [-0.39, 0.29) is 27.1 Å². The molecule has 0 amide bonds. The van der Waals surface area contributed by atoms with Gasteiger partial charge in [0.2, 0.25) is 10.0 Å². The molecule has 20 heavy (non-hydrogen) atoms. The summed E-state index contributed by atoms with van der Waals surface area (Å²) >= 11 is 10.8. The average Bonchev–Trinajstić information content (AvgIpc) is 2.73. The second-order valence-corrected chi connectivity index (χ2v) is 7.16. The zero-order valence-electron chi connectivity index (χ0n) is 10.8. The van der Waals surface area contributed by atoms with E-state index >= 15 is 0 Å². The molecular weight excluding hydrogens is 320 g/mol. The van der Waals surface area contributed by atoms with Gasteiger partial charge in [-0.15, -0.1) is 0 Å². The predicted octanol–water partition coefficient (Wildman–Crippen LogP) is 1.43. The molecule has 1 fully saturated rings. The Kier molecular flexibility index (Phi) is 4.66. The third-order valence-electron chi connectivity index (χ3n) is 3.20. The van der Waals surface area contributed by atoms with E-state index in [2.05, 4.69) is 4.72 Å². The lowest BCUT2D eigenvalue weighted by Crippen LogP contribution is -2.39. The zero-order valence-corrected chi connectivity index (χ0v) is 13.2. The van der Waals surface area contributed by atoms with Crippen molar-refractivity contribution < 1.29 is 13.2 Å². The number of hydrogen-bond donors (Lipinski definition) is 2. The molecule has 2 atom stereocenters. The number of ether oxygens (including phenoxy) is 1. The highest BCUT2D eigenvalue weighted by atomic mass is 35.5. The Morgan fingerprint density at radius 2 is 2.25 bits per heavy atom. The Hall–Kier alpha value is -0.730. The molecule has 2 unspecified atom stereocenters. The molecule has 1 aromatic carbocycles. The molecule has 0 aromatic heterocycles. The molecule has 0 aliphatic carbocycles. The number of nitrogens with two attached hydrogens (primary N) is 1. The minimum Gasteiger partial charge on any atom is -0.389 e. The van der Waals surface area contributed by atoms with E-state index in [9.17, 15) is 8.42 Å². The van der Waals surface area contributed by atoms with Crippen molar-refractivity contribution in [1.29, 1.82) is 0 Å². The molecule has 8 heteroatoms. The fourth-order valence-electron chi connectivity index (χ4n) is 2.02. The summed E-state index contributed by atoms with van der Waals surface area (Å²) in [6.45, 7) is 2.39. The van der Waals surface area contributed by atoms with Gasteiger partial charge in [-0.3, -0.25) is 0 Å². The Balaban J connectivity index is 2.25. The van der Waals surface area contributed by atoms with Crippen LogP contribution in [0.2, 0.25) is 5.02 Å². The van der Waals surface area contributed by atoms with E-state index in [1.807, 2.05) is 6.92 Å². The van der Waals surface area contributed by atoms with E-state index < -0.39 is 10.0 Å². The molecule has 1 saturated heterocycles. The second kappa shape index (κ2) is 5.95. The molecule has 1 aromatic rings. The first-order valence-corrected chi connectivity index (χ1v) is 8.31. The van der Waals surface area contributed by atoms with Crippen LogP contribution in [0.3, 0.4) is 0 Å². The highest BCUT2D eigenvalue weighted by Crippen LogP contribution is 2.22. The number of hydrogen-bond acceptors (Lipinski definition) is 4. The molecule has 0 radical (unpaired) electrons. The molecule has 0 saturated carbocycles. The van der Waals surface area contributed by atoms with Gasteiger partial charge in [0.1, 0.15) is 4.99 Å². The molecule has 1 heterocycles. The molecule has 3 N–H and O–H groups in total. The van der Waals surface area contributed by atoms with Crippen LogP contribution in [-0.4, -0.2) is 32.2 Å². The second-order valence-electron chi connectivity index (χ2n) is 4.60. The first kappa shape index (κ1) is 15.7. The summed E-state index contributed by atoms with van der Waals surface area (Å²) in [5.41, 5.74) is 5.95. The van der Waals surface area contributed by atoms with E-state index in [0.717, 1.165) is 0 Å². The van der Waals surface area contributed by atoms with E-state index in [1.54, 1.807) is 0 Å². The molecular formula is C12H15ClN2O3S2. The fourth-order valence-corrected chi connectivity index (χ4v) is 3.96. The van der Waals surface area contributed by atoms with Gasteiger partial charge in [0.05, 0.1) is 22.1 Å². The normalized spacial score (nSPS) is 22.9. The summed E-state index contributed by atoms with van der Waals surface area (Å²) in [5, 5.41) is 0.219. The van der Waals surface area contributed by atoms with Gasteiger partial charge in [0.15, 0.2) is 0 Å². The van der Waals surface area contributed by atoms with Gasteiger partial charge in [-0.25, -0.2) is 13.1 Å². The molecule has 2 rings (SSSR count). The monoisotopic (exact) mass is 334 g/mol. The van der Waals surface area contributed by atoms with E-state index in [4.69, 9.17) is 34.3 Å². The summed E-state index contributed by atoms with van der Waals surface area (Å²) in [6, 6.07) is 4.06. The summed E-state index contributed by atoms with van der Waals surface area (Å²) in [7, 11) is -3.64. The van der Waals surface area contributed by atoms with Crippen LogP contribution < -0.4 is 10.5 Å². The lowest BCUT2D eigenvalue weighted by Gasteiger charge is -2.16. The van der Waals surface area contributed by atoms with Gasteiger partial charge in [-0.2, -0.15) is 0 Å². The third kappa shape index (κ3) is 3.29. The van der Waals surface area contributed by atoms with Gasteiger partial charge in [0.25, 0.3) is 0 Å². The van der Waals surface area contributed by atoms with Crippen molar-refractivity contribution in [1.82, 2.24) is 4.72 Å². The topological polar surface area (TPSA) is 81.4 Å². The van der Waals surface area contributed by atoms with Crippen LogP contribution in [0.25, 0.3) is 0 Å². The molecule has 1 aliphatic heterocycles. The van der Waals surface area contributed by atoms with Crippen LogP contribution in [0, 0.1) is 0 Å². The number of nitrogens with one attached hydrogen (secondary N) is 1. The van der Waals surface area contributed by atoms with E-state index in [1.165, 1.54) is 18.2 Å². The number of rotatable bonds is 4. The third-order valence-corrected chi connectivity index (χ3v) is 5.22. The van der Waals surface area contributed by atoms with Crippen LogP contribution in [-0.2, 0) is 14.8 Å². The van der Waals surface area contributed by atoms with Crippen molar-refractivity contribution >= 4 is 38.8 Å². The van der Waals surface area contributed by atoms with Crippen molar-refractivity contribution in [3.8, 4) is 0 Å². The Morgan fingerprint density at radius 3 is 2.75 bits per heavy atom. The maximum atomic E-state index is 12.3. The lowest BCUT2D eigenvalue weighted by molar-refractivity contribution is 0.117. The van der Waals surface area contributed by atoms with Crippen LogP contribution in [0.15, 0.2) is 23.1 Å². The SMILES string of the molecule is CC1OCCC1NS(=O)(=O)c1ccc(C(N)=S)c(Cl)c1. The maximum Gasteiger partial charge on any atom is 0.240 e. The summed E-state index contributed by atoms with van der Waals surface area (Å²) < 4.78 is 32.5. The Bertz CT molecular complexity index is 634. The first-order chi connectivity index (χ1) is 9.31. The van der Waals surface area contributed by atoms with Crippen LogP contribution in [0.1, 0.15) is 18.9 Å². The van der Waals surface area contributed by atoms with Gasteiger partial charge in [-0.1, -0.05) is 23.8 Å². The fraction of sp³-hybridized carbons (Fsp3) is 0.417. The van der Waals surface area contributed by atoms with Crippen molar-refractivity contribution in [2.75, 3.05) is 6.61 Å². The number of halogens is 1. The molecule has 0 spiro atoms. The standard InChI is InChI=1S/C12H15ClN2O3S2/c1-7-11(4-5-18-7)15-20(16,17)8-2-3-9(12(14)19)10(13)6-8/h2-3,6-7,11,15H,4-5H2,1H3,(H2,14,19). The highest BCUT2D eigenvalue weighted by Gasteiger charge is 2.29. The smallest absolute Gasteiger partial charge is 0.240 e. The molecule has 110 valence electrons. The zero-order chi connectivity index (χ0) is 14.9. The number of sulfonamides is 1. The molecule has 0 bridgehead atoms. The van der Waals surface area contributed by atoms with Gasteiger partial charge in [0, 0.05) is 12.2 Å². The Labute approximate surface area is 128 Å². The largest absolute Gasteiger partial charge is 0.389 e. The quantitative estimate of drug-likeness (QED) is 0.814. The van der Waals surface area contributed by atoms with Crippen molar-refractivity contribution in [2.45, 2.75) is 30.4 Å². The molecule has 5 nitrogen and oxygen atoms in total. The average molecular weight is 335 g/mol. The van der Waals surface area contributed by atoms with Crippen molar-refractivity contribution in [2.24, 2.45) is 5.73 Å². The minimum atomic E-state index is -3.64. The highest BCUT2D eigenvalue weighted by molar-refractivity contribution is 7.89. The minimum absolute atomic E-state index is 0.0848. The molecule has 1 aliphatic rings. The predicted molar refractivity (Wildman–Crippen MR) is 81.5 cm³/mol. The van der Waals surface area contributed by atoms with Gasteiger partial charge >= 0.3 is 0 Å². The van der Waals surface area contributed by atoms with Crippen LogP contribution in [0.5, 0.6) is 0 Å². The van der Waals surface area contributed by atoms with E-state index in [0.29, 0.717) is 18.6 Å². The van der Waals surface area contributed by atoms with Gasteiger partial charge < -0.3 is 10.5 Å². The van der Waals surface area contributed by atoms with Gasteiger partial charge in [-0.05, 0) is 31.5 Å². The van der Waals surface area contributed by atoms with Crippen LogP contribution in [0.4, 0.5) is 0 Å². The van der Waals surface area contributed by atoms with Crippen molar-refractivity contribution in [3.63, 3.8) is 0 Å². The maximum absolute atomic E-state index is 12.3. The number of thiocarbonyl (C=S) groups is 1. The lowest BCUT2D eigenvalue weighted by atomic mass is 10.2. The summed E-state index contributed by atoms with van der Waals surface area (Å²) in [5.74, 6) is 0. The number of benzene rings is 1. The van der Waals surface area contributed by atoms with Crippen molar-refractivity contribution in [3.05, 3.63) is 28.8 Å². The Morgan fingerprint density at radius 1 is 1.55 bits per heavy atom. The summed E-state index contributed by atoms with van der Waals surface area (Å²) in [6.07, 6.45) is 0.509. The van der Waals surface area contributed by atoms with Crippen LogP contribution >= 0.6 is 23.8 Å². The summed E-state index contributed by atoms with van der Waals surface area (Å²) in [4.78, 5) is 0.214.